The summed E-state index contributed by atoms with van der Waals surface area (Å²) in [7, 11) is 2.02. The number of carbonyl (C=O) groups excluding carboxylic acids is 1. The molecule has 0 bridgehead atoms. The highest BCUT2D eigenvalue weighted by molar-refractivity contribution is 5.74. The molecule has 1 saturated carbocycles. The van der Waals surface area contributed by atoms with Gasteiger partial charge in [-0.3, -0.25) is 0 Å². The Labute approximate surface area is 132 Å². The zero-order valence-electron chi connectivity index (χ0n) is 13.5. The minimum Gasteiger partial charge on any atom is -0.391 e. The Balaban J connectivity index is 1.75. The summed E-state index contributed by atoms with van der Waals surface area (Å²) >= 11 is 0. The molecule has 122 valence electrons. The fourth-order valence-corrected chi connectivity index (χ4v) is 2.79. The summed E-state index contributed by atoms with van der Waals surface area (Å²) in [5, 5.41) is 15.7. The number of hydrogen-bond acceptors (Lipinski definition) is 3. The molecule has 5 nitrogen and oxygen atoms in total. The van der Waals surface area contributed by atoms with Crippen LogP contribution in [-0.4, -0.2) is 42.9 Å². The average Bonchev–Trinajstić information content (AvgIpc) is 2.55. The second-order valence-electron chi connectivity index (χ2n) is 6.11. The number of hydrogen-bond donors (Lipinski definition) is 3. The summed E-state index contributed by atoms with van der Waals surface area (Å²) < 4.78 is 0. The number of aliphatic hydroxyl groups is 1. The number of para-hydroxylation sites is 1. The highest BCUT2D eigenvalue weighted by Crippen LogP contribution is 2.18. The van der Waals surface area contributed by atoms with Crippen molar-refractivity contribution in [2.45, 2.75) is 50.8 Å². The van der Waals surface area contributed by atoms with E-state index < -0.39 is 6.10 Å². The lowest BCUT2D eigenvalue weighted by Crippen LogP contribution is -2.51. The maximum absolute atomic E-state index is 12.0. The van der Waals surface area contributed by atoms with Gasteiger partial charge in [0.1, 0.15) is 0 Å². The summed E-state index contributed by atoms with van der Waals surface area (Å²) in [6.45, 7) is 2.63. The van der Waals surface area contributed by atoms with Gasteiger partial charge in [0.2, 0.25) is 0 Å². The zero-order chi connectivity index (χ0) is 15.9. The second kappa shape index (κ2) is 8.03. The van der Waals surface area contributed by atoms with Crippen LogP contribution in [0.25, 0.3) is 0 Å². The molecule has 0 radical (unpaired) electrons. The molecule has 0 heterocycles. The second-order valence-corrected chi connectivity index (χ2v) is 6.11. The van der Waals surface area contributed by atoms with E-state index in [0.29, 0.717) is 6.54 Å². The van der Waals surface area contributed by atoms with Gasteiger partial charge in [0.05, 0.1) is 12.1 Å². The van der Waals surface area contributed by atoms with Gasteiger partial charge in [0.15, 0.2) is 0 Å². The molecule has 1 aliphatic carbocycles. The van der Waals surface area contributed by atoms with Crippen LogP contribution in [0.2, 0.25) is 0 Å². The van der Waals surface area contributed by atoms with Crippen molar-refractivity contribution in [2.24, 2.45) is 0 Å². The average molecular weight is 305 g/mol. The van der Waals surface area contributed by atoms with E-state index in [1.54, 1.807) is 0 Å². The maximum atomic E-state index is 12.0. The van der Waals surface area contributed by atoms with Crippen LogP contribution in [0.3, 0.4) is 0 Å². The SMILES string of the molecule is CC(CNC(=O)NC1CCCCC1O)N(C)c1ccccc1. The first kappa shape index (κ1) is 16.6. The topological polar surface area (TPSA) is 64.6 Å². The molecule has 0 saturated heterocycles. The molecule has 0 aliphatic heterocycles. The molecule has 0 spiro atoms. The van der Waals surface area contributed by atoms with Gasteiger partial charge < -0.3 is 20.6 Å². The molecule has 3 unspecified atom stereocenters. The number of benzene rings is 1. The van der Waals surface area contributed by atoms with E-state index in [-0.39, 0.29) is 18.1 Å². The molecule has 1 aromatic carbocycles. The summed E-state index contributed by atoms with van der Waals surface area (Å²) in [5.74, 6) is 0. The van der Waals surface area contributed by atoms with Crippen LogP contribution in [0, 0.1) is 0 Å². The van der Waals surface area contributed by atoms with Gasteiger partial charge in [-0.15, -0.1) is 0 Å². The van der Waals surface area contributed by atoms with E-state index in [9.17, 15) is 9.90 Å². The van der Waals surface area contributed by atoms with Crippen molar-refractivity contribution >= 4 is 11.7 Å². The minimum atomic E-state index is -0.413. The quantitative estimate of drug-likeness (QED) is 0.781. The third-order valence-electron chi connectivity index (χ3n) is 4.43. The lowest BCUT2D eigenvalue weighted by molar-refractivity contribution is 0.0943. The number of likely N-dealkylation sites (N-methyl/N-ethyl adjacent to an activating group) is 1. The zero-order valence-corrected chi connectivity index (χ0v) is 13.5. The van der Waals surface area contributed by atoms with Crippen molar-refractivity contribution < 1.29 is 9.90 Å². The number of aliphatic hydroxyl groups excluding tert-OH is 1. The molecule has 5 heteroatoms. The van der Waals surface area contributed by atoms with Crippen LogP contribution in [-0.2, 0) is 0 Å². The molecule has 2 rings (SSSR count). The molecule has 1 aromatic rings. The van der Waals surface area contributed by atoms with E-state index in [4.69, 9.17) is 0 Å². The summed E-state index contributed by atoms with van der Waals surface area (Å²) in [5.41, 5.74) is 1.12. The van der Waals surface area contributed by atoms with E-state index >= 15 is 0 Å². The van der Waals surface area contributed by atoms with E-state index in [2.05, 4.69) is 34.6 Å². The van der Waals surface area contributed by atoms with Crippen molar-refractivity contribution in [1.82, 2.24) is 10.6 Å². The number of amides is 2. The summed E-state index contributed by atoms with van der Waals surface area (Å²) in [6.07, 6.45) is 3.32. The van der Waals surface area contributed by atoms with Gasteiger partial charge in [-0.2, -0.15) is 0 Å². The molecule has 3 atom stereocenters. The monoisotopic (exact) mass is 305 g/mol. The number of nitrogens with zero attached hydrogens (tertiary/aromatic N) is 1. The highest BCUT2D eigenvalue weighted by Gasteiger charge is 2.24. The van der Waals surface area contributed by atoms with Crippen LogP contribution in [0.1, 0.15) is 32.6 Å². The normalized spacial score (nSPS) is 22.7. The lowest BCUT2D eigenvalue weighted by Gasteiger charge is -2.30. The predicted molar refractivity (Wildman–Crippen MR) is 89.1 cm³/mol. The Hall–Kier alpha value is -1.75. The molecule has 3 N–H and O–H groups in total. The van der Waals surface area contributed by atoms with Crippen molar-refractivity contribution in [2.75, 3.05) is 18.5 Å². The number of nitrogens with one attached hydrogen (secondary N) is 2. The van der Waals surface area contributed by atoms with Crippen molar-refractivity contribution in [3.8, 4) is 0 Å². The minimum absolute atomic E-state index is 0.115. The van der Waals surface area contributed by atoms with Crippen LogP contribution in [0.4, 0.5) is 10.5 Å². The van der Waals surface area contributed by atoms with Gasteiger partial charge in [-0.05, 0) is 31.9 Å². The van der Waals surface area contributed by atoms with E-state index in [1.165, 1.54) is 0 Å². The third-order valence-corrected chi connectivity index (χ3v) is 4.43. The fourth-order valence-electron chi connectivity index (χ4n) is 2.79. The van der Waals surface area contributed by atoms with E-state index in [1.807, 2.05) is 25.2 Å². The Kier molecular flexibility index (Phi) is 6.07. The lowest BCUT2D eigenvalue weighted by atomic mass is 9.93. The molecule has 2 amide bonds. The molecular formula is C17H27N3O2. The number of carbonyl (C=O) groups is 1. The maximum Gasteiger partial charge on any atom is 0.315 e. The predicted octanol–water partition coefficient (Wildman–Crippen LogP) is 2.11. The van der Waals surface area contributed by atoms with Crippen LogP contribution >= 0.6 is 0 Å². The van der Waals surface area contributed by atoms with Gasteiger partial charge in [-0.25, -0.2) is 4.79 Å². The molecular weight excluding hydrogens is 278 g/mol. The smallest absolute Gasteiger partial charge is 0.315 e. The van der Waals surface area contributed by atoms with Crippen LogP contribution in [0.5, 0.6) is 0 Å². The van der Waals surface area contributed by atoms with Gasteiger partial charge in [0, 0.05) is 25.3 Å². The Bertz CT molecular complexity index is 466. The van der Waals surface area contributed by atoms with Crippen LogP contribution in [0.15, 0.2) is 30.3 Å². The Morgan fingerprint density at radius 2 is 2.00 bits per heavy atom. The number of anilines is 1. The molecule has 1 fully saturated rings. The van der Waals surface area contributed by atoms with E-state index in [0.717, 1.165) is 31.4 Å². The summed E-state index contributed by atoms with van der Waals surface area (Å²) in [4.78, 5) is 14.1. The largest absolute Gasteiger partial charge is 0.391 e. The Morgan fingerprint density at radius 3 is 2.68 bits per heavy atom. The highest BCUT2D eigenvalue weighted by atomic mass is 16.3. The number of urea groups is 1. The first-order chi connectivity index (χ1) is 10.6. The summed E-state index contributed by atoms with van der Waals surface area (Å²) in [6, 6.07) is 9.97. The molecule has 22 heavy (non-hydrogen) atoms. The number of rotatable bonds is 5. The van der Waals surface area contributed by atoms with Crippen LogP contribution < -0.4 is 15.5 Å². The molecule has 1 aliphatic rings. The fraction of sp³-hybridized carbons (Fsp3) is 0.588. The Morgan fingerprint density at radius 1 is 1.32 bits per heavy atom. The first-order valence-corrected chi connectivity index (χ1v) is 8.08. The van der Waals surface area contributed by atoms with Gasteiger partial charge >= 0.3 is 6.03 Å². The standard InChI is InChI=1S/C17H27N3O2/c1-13(20(2)14-8-4-3-5-9-14)12-18-17(22)19-15-10-6-7-11-16(15)21/h3-5,8-9,13,15-16,21H,6-7,10-12H2,1-2H3,(H2,18,19,22). The molecule has 0 aromatic heterocycles. The van der Waals surface area contributed by atoms with Crippen molar-refractivity contribution in [1.29, 1.82) is 0 Å². The third kappa shape index (κ3) is 4.63. The first-order valence-electron chi connectivity index (χ1n) is 8.08. The van der Waals surface area contributed by atoms with Crippen molar-refractivity contribution in [3.63, 3.8) is 0 Å². The van der Waals surface area contributed by atoms with Gasteiger partial charge in [-0.1, -0.05) is 31.0 Å². The van der Waals surface area contributed by atoms with Gasteiger partial charge in [0.25, 0.3) is 0 Å². The van der Waals surface area contributed by atoms with Crippen molar-refractivity contribution in [3.05, 3.63) is 30.3 Å².